The van der Waals surface area contributed by atoms with Crippen molar-refractivity contribution < 1.29 is 10.2 Å². The van der Waals surface area contributed by atoms with E-state index in [0.29, 0.717) is 23.9 Å². The topological polar surface area (TPSA) is 69.5 Å². The van der Waals surface area contributed by atoms with Crippen LogP contribution in [0.1, 0.15) is 87.5 Å². The van der Waals surface area contributed by atoms with Gasteiger partial charge in [-0.3, -0.25) is 4.90 Å². The SMILES string of the molecule is Cc1nc(CN(CCO)C2CCC(O)CC2)c2cc(C3CCC(C)(C)CC3)sc2n1. The van der Waals surface area contributed by atoms with Gasteiger partial charge in [-0.1, -0.05) is 13.8 Å². The first-order valence-corrected chi connectivity index (χ1v) is 12.5. The lowest BCUT2D eigenvalue weighted by Gasteiger charge is -2.35. The molecule has 5 nitrogen and oxygen atoms in total. The molecule has 0 radical (unpaired) electrons. The lowest BCUT2D eigenvalue weighted by Crippen LogP contribution is -2.40. The second-order valence-corrected chi connectivity index (χ2v) is 11.2. The molecule has 0 amide bonds. The Balaban J connectivity index is 1.57. The normalized spacial score (nSPS) is 25.3. The van der Waals surface area contributed by atoms with E-state index in [-0.39, 0.29) is 12.7 Å². The zero-order chi connectivity index (χ0) is 21.3. The molecule has 2 aliphatic carbocycles. The Hall–Kier alpha value is -1.08. The number of aromatic nitrogens is 2. The monoisotopic (exact) mass is 431 g/mol. The highest BCUT2D eigenvalue weighted by molar-refractivity contribution is 7.18. The molecule has 0 aromatic carbocycles. The molecule has 2 aliphatic rings. The van der Waals surface area contributed by atoms with Gasteiger partial charge >= 0.3 is 0 Å². The van der Waals surface area contributed by atoms with Crippen molar-refractivity contribution in [2.75, 3.05) is 13.2 Å². The molecular weight excluding hydrogens is 394 g/mol. The molecule has 4 rings (SSSR count). The van der Waals surface area contributed by atoms with Crippen LogP contribution in [0, 0.1) is 12.3 Å². The van der Waals surface area contributed by atoms with E-state index in [1.54, 1.807) is 0 Å². The minimum atomic E-state index is -0.162. The molecule has 30 heavy (non-hydrogen) atoms. The van der Waals surface area contributed by atoms with Crippen LogP contribution in [0.25, 0.3) is 10.2 Å². The maximum Gasteiger partial charge on any atom is 0.127 e. The van der Waals surface area contributed by atoms with Gasteiger partial charge in [0, 0.05) is 29.4 Å². The number of hydrogen-bond acceptors (Lipinski definition) is 6. The minimum absolute atomic E-state index is 0.152. The van der Waals surface area contributed by atoms with Gasteiger partial charge in [0.2, 0.25) is 0 Å². The Kier molecular flexibility index (Phi) is 6.78. The second-order valence-electron chi connectivity index (χ2n) is 10.2. The maximum atomic E-state index is 9.88. The zero-order valence-corrected chi connectivity index (χ0v) is 19.5. The number of nitrogens with zero attached hydrogens (tertiary/aromatic N) is 3. The minimum Gasteiger partial charge on any atom is -0.395 e. The first kappa shape index (κ1) is 22.1. The van der Waals surface area contributed by atoms with E-state index < -0.39 is 0 Å². The molecule has 0 aliphatic heterocycles. The van der Waals surface area contributed by atoms with Crippen molar-refractivity contribution >= 4 is 21.6 Å². The van der Waals surface area contributed by atoms with Gasteiger partial charge in [0.1, 0.15) is 10.7 Å². The van der Waals surface area contributed by atoms with Crippen LogP contribution in [0.5, 0.6) is 0 Å². The van der Waals surface area contributed by atoms with Crippen LogP contribution in [-0.2, 0) is 6.54 Å². The third-order valence-corrected chi connectivity index (χ3v) is 8.46. The van der Waals surface area contributed by atoms with Gasteiger partial charge in [-0.05, 0) is 75.7 Å². The van der Waals surface area contributed by atoms with Gasteiger partial charge in [-0.2, -0.15) is 0 Å². The summed E-state index contributed by atoms with van der Waals surface area (Å²) in [5.74, 6) is 1.48. The highest BCUT2D eigenvalue weighted by Gasteiger charge is 2.30. The average Bonchev–Trinajstić information content (AvgIpc) is 3.12. The van der Waals surface area contributed by atoms with Crippen molar-refractivity contribution in [3.63, 3.8) is 0 Å². The quantitative estimate of drug-likeness (QED) is 0.689. The van der Waals surface area contributed by atoms with E-state index in [1.165, 1.54) is 35.9 Å². The molecule has 0 spiro atoms. The number of rotatable bonds is 6. The Morgan fingerprint density at radius 2 is 1.80 bits per heavy atom. The fourth-order valence-electron chi connectivity index (χ4n) is 5.26. The standard InChI is InChI=1S/C24H37N3O2S/c1-16-25-21(15-27(12-13-28)18-4-6-19(29)7-5-18)20-14-22(30-23(20)26-16)17-8-10-24(2,3)11-9-17/h14,17-19,28-29H,4-13,15H2,1-3H3. The molecule has 0 bridgehead atoms. The number of aliphatic hydroxyl groups is 2. The molecule has 2 heterocycles. The summed E-state index contributed by atoms with van der Waals surface area (Å²) in [6, 6.07) is 2.77. The van der Waals surface area contributed by atoms with Crippen LogP contribution < -0.4 is 0 Å². The summed E-state index contributed by atoms with van der Waals surface area (Å²) < 4.78 is 0. The fraction of sp³-hybridized carbons (Fsp3) is 0.750. The number of hydrogen-bond donors (Lipinski definition) is 2. The number of aryl methyl sites for hydroxylation is 1. The molecule has 6 heteroatoms. The molecule has 0 atom stereocenters. The Morgan fingerprint density at radius 1 is 1.10 bits per heavy atom. The van der Waals surface area contributed by atoms with E-state index >= 15 is 0 Å². The molecule has 166 valence electrons. The lowest BCUT2D eigenvalue weighted by molar-refractivity contribution is 0.0608. The highest BCUT2D eigenvalue weighted by atomic mass is 32.1. The largest absolute Gasteiger partial charge is 0.395 e. The summed E-state index contributed by atoms with van der Waals surface area (Å²) in [4.78, 5) is 14.5. The summed E-state index contributed by atoms with van der Waals surface area (Å²) in [6.45, 7) is 8.31. The summed E-state index contributed by atoms with van der Waals surface area (Å²) >= 11 is 1.86. The fourth-order valence-corrected chi connectivity index (χ4v) is 6.52. The van der Waals surface area contributed by atoms with Crippen molar-refractivity contribution in [2.45, 2.75) is 96.7 Å². The highest BCUT2D eigenvalue weighted by Crippen LogP contribution is 2.45. The smallest absolute Gasteiger partial charge is 0.127 e. The van der Waals surface area contributed by atoms with Gasteiger partial charge in [-0.25, -0.2) is 9.97 Å². The van der Waals surface area contributed by atoms with Crippen molar-refractivity contribution in [3.8, 4) is 0 Å². The second kappa shape index (κ2) is 9.19. The molecule has 0 saturated heterocycles. The summed E-state index contributed by atoms with van der Waals surface area (Å²) in [5.41, 5.74) is 1.57. The van der Waals surface area contributed by atoms with Gasteiger partial charge in [0.25, 0.3) is 0 Å². The lowest BCUT2D eigenvalue weighted by atomic mass is 9.73. The van der Waals surface area contributed by atoms with Crippen LogP contribution in [0.3, 0.4) is 0 Å². The maximum absolute atomic E-state index is 9.88. The average molecular weight is 432 g/mol. The van der Waals surface area contributed by atoms with E-state index in [1.807, 2.05) is 18.3 Å². The van der Waals surface area contributed by atoms with Crippen LogP contribution >= 0.6 is 11.3 Å². The van der Waals surface area contributed by atoms with Gasteiger partial charge in [-0.15, -0.1) is 11.3 Å². The van der Waals surface area contributed by atoms with Crippen molar-refractivity contribution in [1.82, 2.24) is 14.9 Å². The predicted molar refractivity (Wildman–Crippen MR) is 123 cm³/mol. The molecule has 2 aromatic rings. The van der Waals surface area contributed by atoms with E-state index in [2.05, 4.69) is 24.8 Å². The molecule has 2 aromatic heterocycles. The van der Waals surface area contributed by atoms with Crippen molar-refractivity contribution in [3.05, 3.63) is 22.5 Å². The third-order valence-electron chi connectivity index (χ3n) is 7.27. The molecule has 2 saturated carbocycles. The molecule has 2 fully saturated rings. The Morgan fingerprint density at radius 3 is 2.47 bits per heavy atom. The predicted octanol–water partition coefficient (Wildman–Crippen LogP) is 4.78. The number of fused-ring (bicyclic) bond motifs is 1. The Bertz CT molecular complexity index is 847. The first-order valence-electron chi connectivity index (χ1n) is 11.6. The zero-order valence-electron chi connectivity index (χ0n) is 18.7. The summed E-state index contributed by atoms with van der Waals surface area (Å²) in [6.07, 6.45) is 8.64. The number of thiophene rings is 1. The van der Waals surface area contributed by atoms with Gasteiger partial charge in [0.15, 0.2) is 0 Å². The van der Waals surface area contributed by atoms with E-state index in [4.69, 9.17) is 9.97 Å². The van der Waals surface area contributed by atoms with Gasteiger partial charge < -0.3 is 10.2 Å². The number of aliphatic hydroxyl groups excluding tert-OH is 2. The van der Waals surface area contributed by atoms with Crippen molar-refractivity contribution in [2.24, 2.45) is 5.41 Å². The van der Waals surface area contributed by atoms with Crippen molar-refractivity contribution in [1.29, 1.82) is 0 Å². The first-order chi connectivity index (χ1) is 14.3. The van der Waals surface area contributed by atoms with Crippen LogP contribution in [0.15, 0.2) is 6.07 Å². The molecule has 2 N–H and O–H groups in total. The van der Waals surface area contributed by atoms with E-state index in [9.17, 15) is 10.2 Å². The van der Waals surface area contributed by atoms with Gasteiger partial charge in [0.05, 0.1) is 18.4 Å². The molecular formula is C24H37N3O2S. The Labute approximate surface area is 184 Å². The summed E-state index contributed by atoms with van der Waals surface area (Å²) in [7, 11) is 0. The van der Waals surface area contributed by atoms with Crippen LogP contribution in [0.4, 0.5) is 0 Å². The van der Waals surface area contributed by atoms with Crippen LogP contribution in [-0.4, -0.2) is 50.4 Å². The van der Waals surface area contributed by atoms with Crippen LogP contribution in [0.2, 0.25) is 0 Å². The summed E-state index contributed by atoms with van der Waals surface area (Å²) in [5, 5.41) is 20.7. The van der Waals surface area contributed by atoms with E-state index in [0.717, 1.165) is 48.6 Å². The third kappa shape index (κ3) is 5.04. The molecule has 0 unspecified atom stereocenters.